The van der Waals surface area contributed by atoms with Crippen molar-refractivity contribution in [2.45, 2.75) is 5.16 Å². The number of carbonyl (C=O) groups excluding carboxylic acids is 1. The molecule has 9 heteroatoms. The second-order valence-corrected chi connectivity index (χ2v) is 7.38. The predicted octanol–water partition coefficient (Wildman–Crippen LogP) is 3.00. The van der Waals surface area contributed by atoms with Crippen molar-refractivity contribution in [3.63, 3.8) is 0 Å². The minimum absolute atomic E-state index is 0.0854. The van der Waals surface area contributed by atoms with Crippen LogP contribution in [0.15, 0.2) is 59.8 Å². The van der Waals surface area contributed by atoms with Crippen LogP contribution in [-0.4, -0.2) is 46.6 Å². The molecule has 2 heterocycles. The summed E-state index contributed by atoms with van der Waals surface area (Å²) in [5, 5.41) is 6.96. The molecular weight excluding hydrogens is 402 g/mol. The van der Waals surface area contributed by atoms with E-state index in [1.807, 2.05) is 60.7 Å². The number of carbonyl (C=O) groups is 1. The molecule has 3 N–H and O–H groups in total. The normalized spacial score (nSPS) is 12.8. The van der Waals surface area contributed by atoms with E-state index in [4.69, 9.17) is 15.2 Å². The molecule has 0 atom stereocenters. The summed E-state index contributed by atoms with van der Waals surface area (Å²) in [7, 11) is 0. The van der Waals surface area contributed by atoms with Crippen LogP contribution in [0.5, 0.6) is 11.5 Å². The molecule has 4 rings (SSSR count). The summed E-state index contributed by atoms with van der Waals surface area (Å²) in [4.78, 5) is 18.8. The lowest BCUT2D eigenvalue weighted by molar-refractivity contribution is -0.116. The van der Waals surface area contributed by atoms with Crippen molar-refractivity contribution in [1.29, 1.82) is 0 Å². The Bertz CT molecular complexity index is 1040. The first kappa shape index (κ1) is 19.8. The number of nitrogens with zero attached hydrogens (tertiary/aromatic N) is 3. The topological polar surface area (TPSA) is 106 Å². The minimum Gasteiger partial charge on any atom is -0.486 e. The van der Waals surface area contributed by atoms with E-state index in [0.717, 1.165) is 11.3 Å². The zero-order valence-electron chi connectivity index (χ0n) is 16.2. The number of aromatic nitrogens is 3. The average molecular weight is 423 g/mol. The van der Waals surface area contributed by atoms with E-state index in [-0.39, 0.29) is 17.6 Å². The van der Waals surface area contributed by atoms with Gasteiger partial charge in [-0.2, -0.15) is 4.98 Å². The van der Waals surface area contributed by atoms with Gasteiger partial charge in [-0.25, -0.2) is 5.10 Å². The summed E-state index contributed by atoms with van der Waals surface area (Å²) in [6, 6.07) is 15.5. The molecule has 1 amide bonds. The number of amides is 1. The molecule has 30 heavy (non-hydrogen) atoms. The van der Waals surface area contributed by atoms with Gasteiger partial charge in [-0.1, -0.05) is 54.2 Å². The quantitative estimate of drug-likeness (QED) is 0.563. The van der Waals surface area contributed by atoms with Crippen LogP contribution < -0.4 is 20.1 Å². The lowest BCUT2D eigenvalue weighted by Crippen LogP contribution is -2.32. The minimum atomic E-state index is -0.0854. The molecule has 0 aliphatic carbocycles. The zero-order valence-corrected chi connectivity index (χ0v) is 17.0. The molecule has 0 spiro atoms. The number of benzene rings is 2. The van der Waals surface area contributed by atoms with Gasteiger partial charge >= 0.3 is 0 Å². The van der Waals surface area contributed by atoms with Crippen molar-refractivity contribution < 1.29 is 14.3 Å². The highest BCUT2D eigenvalue weighted by atomic mass is 32.2. The number of rotatable bonds is 7. The van der Waals surface area contributed by atoms with E-state index in [9.17, 15) is 4.79 Å². The van der Waals surface area contributed by atoms with Crippen molar-refractivity contribution in [2.24, 2.45) is 0 Å². The second kappa shape index (κ2) is 9.36. The fourth-order valence-corrected chi connectivity index (χ4v) is 3.62. The molecule has 0 saturated carbocycles. The van der Waals surface area contributed by atoms with E-state index in [1.165, 1.54) is 11.8 Å². The Morgan fingerprint density at radius 3 is 2.73 bits per heavy atom. The molecule has 3 aromatic rings. The van der Waals surface area contributed by atoms with Gasteiger partial charge < -0.3 is 20.1 Å². The average Bonchev–Trinajstić information content (AvgIpc) is 3.20. The summed E-state index contributed by atoms with van der Waals surface area (Å²) in [5.74, 6) is 1.63. The maximum absolute atomic E-state index is 13.0. The number of fused-ring (bicyclic) bond motifs is 1. The van der Waals surface area contributed by atoms with Crippen LogP contribution in [-0.2, 0) is 4.79 Å². The van der Waals surface area contributed by atoms with Gasteiger partial charge in [-0.3, -0.25) is 4.79 Å². The van der Waals surface area contributed by atoms with Gasteiger partial charge in [0.25, 0.3) is 0 Å². The molecule has 1 aliphatic heterocycles. The molecule has 0 radical (unpaired) electrons. The molecule has 2 aromatic carbocycles. The lowest BCUT2D eigenvalue weighted by atomic mass is 10.2. The van der Waals surface area contributed by atoms with Crippen LogP contribution in [0.25, 0.3) is 6.08 Å². The number of thioether (sulfide) groups is 1. The van der Waals surface area contributed by atoms with Gasteiger partial charge in [0.1, 0.15) is 13.2 Å². The molecular formula is C21H21N5O3S. The van der Waals surface area contributed by atoms with Gasteiger partial charge in [0.2, 0.25) is 17.0 Å². The number of anilines is 2. The number of hydrogen-bond donors (Lipinski definition) is 2. The molecule has 154 valence electrons. The van der Waals surface area contributed by atoms with Crippen LogP contribution in [0.4, 0.5) is 11.6 Å². The molecule has 0 bridgehead atoms. The van der Waals surface area contributed by atoms with Crippen LogP contribution in [0, 0.1) is 0 Å². The van der Waals surface area contributed by atoms with Crippen LogP contribution in [0.2, 0.25) is 0 Å². The number of aromatic amines is 1. The zero-order chi connectivity index (χ0) is 20.8. The monoisotopic (exact) mass is 423 g/mol. The number of nitrogen functional groups attached to an aromatic ring is 1. The van der Waals surface area contributed by atoms with Crippen molar-refractivity contribution in [3.8, 4) is 11.5 Å². The van der Waals surface area contributed by atoms with Gasteiger partial charge in [0.15, 0.2) is 11.5 Å². The highest BCUT2D eigenvalue weighted by Gasteiger charge is 2.19. The Morgan fingerprint density at radius 2 is 1.97 bits per heavy atom. The van der Waals surface area contributed by atoms with E-state index < -0.39 is 0 Å². The Morgan fingerprint density at radius 1 is 1.17 bits per heavy atom. The van der Waals surface area contributed by atoms with Gasteiger partial charge in [-0.15, -0.1) is 5.10 Å². The maximum Gasteiger partial charge on any atom is 0.237 e. The third-order valence-electron chi connectivity index (χ3n) is 4.34. The Kier molecular flexibility index (Phi) is 6.19. The third kappa shape index (κ3) is 4.93. The largest absolute Gasteiger partial charge is 0.486 e. The number of ether oxygens (including phenoxy) is 2. The highest BCUT2D eigenvalue weighted by Crippen LogP contribution is 2.34. The first-order chi connectivity index (χ1) is 14.7. The molecule has 1 aliphatic rings. The van der Waals surface area contributed by atoms with E-state index in [1.54, 1.807) is 4.90 Å². The molecule has 0 unspecified atom stereocenters. The number of nitrogens with two attached hydrogens (primary N) is 1. The first-order valence-corrected chi connectivity index (χ1v) is 10.4. The SMILES string of the molecule is Nc1nc(SCC(=O)N(CC=Cc2ccccc2)c2ccc3c(c2)OCCO3)n[nH]1. The summed E-state index contributed by atoms with van der Waals surface area (Å²) >= 11 is 1.23. The smallest absolute Gasteiger partial charge is 0.237 e. The molecule has 8 nitrogen and oxygen atoms in total. The summed E-state index contributed by atoms with van der Waals surface area (Å²) < 4.78 is 11.3. The van der Waals surface area contributed by atoms with Crippen molar-refractivity contribution >= 4 is 35.4 Å². The van der Waals surface area contributed by atoms with Crippen LogP contribution in [0.3, 0.4) is 0 Å². The second-order valence-electron chi connectivity index (χ2n) is 6.44. The van der Waals surface area contributed by atoms with Gasteiger partial charge in [0.05, 0.1) is 5.75 Å². The first-order valence-electron chi connectivity index (χ1n) is 9.41. The Hall–Kier alpha value is -3.46. The van der Waals surface area contributed by atoms with Crippen LogP contribution >= 0.6 is 11.8 Å². The summed E-state index contributed by atoms with van der Waals surface area (Å²) in [5.41, 5.74) is 7.35. The molecule has 1 aromatic heterocycles. The fourth-order valence-electron chi connectivity index (χ4n) is 2.94. The van der Waals surface area contributed by atoms with Crippen molar-refractivity contribution in [3.05, 3.63) is 60.2 Å². The number of nitrogens with one attached hydrogen (secondary N) is 1. The number of H-pyrrole nitrogens is 1. The predicted molar refractivity (Wildman–Crippen MR) is 117 cm³/mol. The molecule has 0 fully saturated rings. The van der Waals surface area contributed by atoms with Crippen molar-refractivity contribution in [2.75, 3.05) is 36.1 Å². The standard InChI is InChI=1S/C21H21N5O3S/c22-20-23-21(25-24-20)30-14-19(27)26(10-4-7-15-5-2-1-3-6-15)16-8-9-17-18(13-16)29-12-11-28-17/h1-9,13H,10-12,14H2,(H3,22,23,24,25). The maximum atomic E-state index is 13.0. The lowest BCUT2D eigenvalue weighted by Gasteiger charge is -2.24. The summed E-state index contributed by atoms with van der Waals surface area (Å²) in [6.45, 7) is 1.41. The van der Waals surface area contributed by atoms with Gasteiger partial charge in [0, 0.05) is 18.3 Å². The fraction of sp³-hybridized carbons (Fsp3) is 0.190. The Balaban J connectivity index is 1.52. The molecule has 0 saturated heterocycles. The third-order valence-corrected chi connectivity index (χ3v) is 5.18. The van der Waals surface area contributed by atoms with Crippen LogP contribution in [0.1, 0.15) is 5.56 Å². The van der Waals surface area contributed by atoms with Crippen molar-refractivity contribution in [1.82, 2.24) is 15.2 Å². The Labute approximate surface area is 178 Å². The number of hydrogen-bond acceptors (Lipinski definition) is 7. The van der Waals surface area contributed by atoms with E-state index in [0.29, 0.717) is 36.4 Å². The van der Waals surface area contributed by atoms with E-state index >= 15 is 0 Å². The summed E-state index contributed by atoms with van der Waals surface area (Å²) in [6.07, 6.45) is 3.95. The van der Waals surface area contributed by atoms with E-state index in [2.05, 4.69) is 15.2 Å². The van der Waals surface area contributed by atoms with Gasteiger partial charge in [-0.05, 0) is 17.7 Å². The highest BCUT2D eigenvalue weighted by molar-refractivity contribution is 7.99.